The molecule has 1 unspecified atom stereocenters. The number of rotatable bonds is 5. The number of nitrogens with one attached hydrogen (secondary N) is 2. The van der Waals surface area contributed by atoms with Crippen molar-refractivity contribution >= 4 is 17.7 Å². The molecule has 0 aliphatic rings. The van der Waals surface area contributed by atoms with Gasteiger partial charge in [0.2, 0.25) is 0 Å². The molecule has 0 fully saturated rings. The summed E-state index contributed by atoms with van der Waals surface area (Å²) in [5.74, 6) is -0.530. The number of aryl methyl sites for hydroxylation is 2. The lowest BCUT2D eigenvalue weighted by molar-refractivity contribution is -0.160. The highest BCUT2D eigenvalue weighted by Gasteiger charge is 2.28. The molecule has 0 radical (unpaired) electrons. The molecule has 1 aromatic rings. The van der Waals surface area contributed by atoms with E-state index in [1.807, 2.05) is 52.8 Å². The van der Waals surface area contributed by atoms with Gasteiger partial charge in [-0.25, -0.2) is 9.59 Å². The predicted octanol–water partition coefficient (Wildman–Crippen LogP) is 3.95. The molecule has 6 nitrogen and oxygen atoms in total. The van der Waals surface area contributed by atoms with Gasteiger partial charge in [-0.15, -0.1) is 0 Å². The van der Waals surface area contributed by atoms with Crippen LogP contribution in [0.3, 0.4) is 0 Å². The number of carbonyl (C=O) groups excluding carboxylic acids is 2. The van der Waals surface area contributed by atoms with Crippen LogP contribution in [0.4, 0.5) is 10.5 Å². The van der Waals surface area contributed by atoms with E-state index in [4.69, 9.17) is 9.47 Å². The van der Waals surface area contributed by atoms with E-state index in [1.54, 1.807) is 20.8 Å². The van der Waals surface area contributed by atoms with Crippen LogP contribution >= 0.6 is 0 Å². The normalized spacial score (nSPS) is 13.1. The molecule has 0 aliphatic carbocycles. The molecule has 0 saturated heterocycles. The van der Waals surface area contributed by atoms with Crippen molar-refractivity contribution in [2.75, 3.05) is 11.9 Å². The lowest BCUT2D eigenvalue weighted by Crippen LogP contribution is -2.49. The first kappa shape index (κ1) is 22.0. The Hall–Kier alpha value is -2.08. The smallest absolute Gasteiger partial charge is 0.331 e. The summed E-state index contributed by atoms with van der Waals surface area (Å²) in [4.78, 5) is 24.8. The van der Waals surface area contributed by atoms with Crippen LogP contribution < -0.4 is 10.6 Å². The summed E-state index contributed by atoms with van der Waals surface area (Å²) in [5.41, 5.74) is 1.58. The second-order valence-electron chi connectivity index (χ2n) is 8.43. The largest absolute Gasteiger partial charge is 0.458 e. The van der Waals surface area contributed by atoms with Crippen molar-refractivity contribution in [1.82, 2.24) is 5.32 Å². The number of anilines is 1. The van der Waals surface area contributed by atoms with E-state index in [0.29, 0.717) is 5.69 Å². The van der Waals surface area contributed by atoms with Crippen LogP contribution in [0.1, 0.15) is 52.7 Å². The number of amides is 2. The van der Waals surface area contributed by atoms with Gasteiger partial charge in [0.1, 0.15) is 5.60 Å². The Morgan fingerprint density at radius 3 is 2.19 bits per heavy atom. The van der Waals surface area contributed by atoms with Crippen LogP contribution in [0.15, 0.2) is 18.2 Å². The van der Waals surface area contributed by atoms with Crippen molar-refractivity contribution in [3.8, 4) is 0 Å². The first-order chi connectivity index (χ1) is 11.8. The fourth-order valence-corrected chi connectivity index (χ4v) is 2.06. The quantitative estimate of drug-likeness (QED) is 0.776. The van der Waals surface area contributed by atoms with E-state index in [2.05, 4.69) is 10.6 Å². The van der Waals surface area contributed by atoms with Gasteiger partial charge in [-0.05, 0) is 72.6 Å². The van der Waals surface area contributed by atoms with Crippen LogP contribution in [0.25, 0.3) is 0 Å². The van der Waals surface area contributed by atoms with Crippen molar-refractivity contribution in [1.29, 1.82) is 0 Å². The number of ether oxygens (including phenoxy) is 2. The standard InChI is InChI=1S/C20H32N2O4/c1-13-9-10-14(2)15(11-13)21-18(24)22-16(12-25-19(3,4)5)17(23)26-20(6,7)8/h9-11,16H,12H2,1-8H3,(H2,21,22,24). The third-order valence-electron chi connectivity index (χ3n) is 3.32. The maximum atomic E-state index is 12.4. The van der Waals surface area contributed by atoms with Crippen LogP contribution in [0, 0.1) is 13.8 Å². The van der Waals surface area contributed by atoms with Crippen molar-refractivity contribution in [3.63, 3.8) is 0 Å². The van der Waals surface area contributed by atoms with Crippen molar-refractivity contribution in [2.45, 2.75) is 72.6 Å². The first-order valence-electron chi connectivity index (χ1n) is 8.78. The maximum Gasteiger partial charge on any atom is 0.331 e. The van der Waals surface area contributed by atoms with Gasteiger partial charge in [-0.1, -0.05) is 12.1 Å². The maximum absolute atomic E-state index is 12.4. The van der Waals surface area contributed by atoms with Gasteiger partial charge in [0.25, 0.3) is 0 Å². The van der Waals surface area contributed by atoms with Crippen molar-refractivity contribution < 1.29 is 19.1 Å². The minimum atomic E-state index is -0.904. The van der Waals surface area contributed by atoms with E-state index in [0.717, 1.165) is 11.1 Å². The van der Waals surface area contributed by atoms with Gasteiger partial charge in [-0.3, -0.25) is 0 Å². The topological polar surface area (TPSA) is 76.7 Å². The van der Waals surface area contributed by atoms with Crippen LogP contribution in [-0.4, -0.2) is 35.9 Å². The molecule has 0 bridgehead atoms. The van der Waals surface area contributed by atoms with Crippen LogP contribution in [0.5, 0.6) is 0 Å². The highest BCUT2D eigenvalue weighted by atomic mass is 16.6. The molecule has 26 heavy (non-hydrogen) atoms. The van der Waals surface area contributed by atoms with Gasteiger partial charge in [0.15, 0.2) is 6.04 Å². The second kappa shape index (κ2) is 8.54. The fourth-order valence-electron chi connectivity index (χ4n) is 2.06. The fraction of sp³-hybridized carbons (Fsp3) is 0.600. The molecular weight excluding hydrogens is 332 g/mol. The molecule has 6 heteroatoms. The van der Waals surface area contributed by atoms with E-state index >= 15 is 0 Å². The molecular formula is C20H32N2O4. The average molecular weight is 364 g/mol. The molecule has 0 aliphatic heterocycles. The molecule has 1 rings (SSSR count). The highest BCUT2D eigenvalue weighted by molar-refractivity contribution is 5.93. The van der Waals surface area contributed by atoms with Gasteiger partial charge in [0, 0.05) is 5.69 Å². The van der Waals surface area contributed by atoms with Gasteiger partial charge in [0.05, 0.1) is 12.2 Å². The summed E-state index contributed by atoms with van der Waals surface area (Å²) >= 11 is 0. The number of hydrogen-bond donors (Lipinski definition) is 2. The van der Waals surface area contributed by atoms with Gasteiger partial charge < -0.3 is 20.1 Å². The Balaban J connectivity index is 2.84. The summed E-state index contributed by atoms with van der Waals surface area (Å²) < 4.78 is 11.1. The van der Waals surface area contributed by atoms with Crippen LogP contribution in [-0.2, 0) is 14.3 Å². The average Bonchev–Trinajstić information content (AvgIpc) is 2.44. The molecule has 1 atom stereocenters. The summed E-state index contributed by atoms with van der Waals surface area (Å²) in [6.45, 7) is 14.9. The molecule has 1 aromatic carbocycles. The molecule has 0 saturated carbocycles. The summed E-state index contributed by atoms with van der Waals surface area (Å²) in [6, 6.07) is 4.40. The predicted molar refractivity (Wildman–Crippen MR) is 103 cm³/mol. The zero-order chi connectivity index (χ0) is 20.1. The van der Waals surface area contributed by atoms with E-state index in [1.165, 1.54) is 0 Å². The van der Waals surface area contributed by atoms with E-state index in [-0.39, 0.29) is 6.61 Å². The Kier molecular flexibility index (Phi) is 7.21. The minimum Gasteiger partial charge on any atom is -0.458 e. The van der Waals surface area contributed by atoms with Crippen molar-refractivity contribution in [3.05, 3.63) is 29.3 Å². The minimum absolute atomic E-state index is 0.0264. The van der Waals surface area contributed by atoms with Crippen molar-refractivity contribution in [2.24, 2.45) is 0 Å². The summed E-state index contributed by atoms with van der Waals surface area (Å²) in [7, 11) is 0. The zero-order valence-electron chi connectivity index (χ0n) is 17.1. The number of hydrogen-bond acceptors (Lipinski definition) is 4. The first-order valence-corrected chi connectivity index (χ1v) is 8.78. The Morgan fingerprint density at radius 1 is 1.04 bits per heavy atom. The number of urea groups is 1. The highest BCUT2D eigenvalue weighted by Crippen LogP contribution is 2.16. The number of benzene rings is 1. The van der Waals surface area contributed by atoms with Gasteiger partial charge in [-0.2, -0.15) is 0 Å². The Bertz CT molecular complexity index is 642. The molecule has 2 amide bonds. The molecule has 0 spiro atoms. The zero-order valence-corrected chi connectivity index (χ0v) is 17.1. The third-order valence-corrected chi connectivity index (χ3v) is 3.32. The second-order valence-corrected chi connectivity index (χ2v) is 8.43. The molecule has 2 N–H and O–H groups in total. The Labute approximate surface area is 156 Å². The van der Waals surface area contributed by atoms with E-state index < -0.39 is 29.2 Å². The summed E-state index contributed by atoms with van der Waals surface area (Å²) in [6.07, 6.45) is 0. The molecule has 0 heterocycles. The summed E-state index contributed by atoms with van der Waals surface area (Å²) in [5, 5.41) is 5.44. The third kappa shape index (κ3) is 8.34. The lowest BCUT2D eigenvalue weighted by Gasteiger charge is -2.27. The van der Waals surface area contributed by atoms with E-state index in [9.17, 15) is 9.59 Å². The molecule has 0 aromatic heterocycles. The number of carbonyl (C=O) groups is 2. The van der Waals surface area contributed by atoms with Crippen LogP contribution in [0.2, 0.25) is 0 Å². The monoisotopic (exact) mass is 364 g/mol. The number of esters is 1. The lowest BCUT2D eigenvalue weighted by atomic mass is 10.1. The van der Waals surface area contributed by atoms with Gasteiger partial charge >= 0.3 is 12.0 Å². The Morgan fingerprint density at radius 2 is 1.65 bits per heavy atom. The SMILES string of the molecule is Cc1ccc(C)c(NC(=O)NC(COC(C)(C)C)C(=O)OC(C)(C)C)c1. The molecule has 146 valence electrons.